The standard InChI is InChI=1S/C16H35N3/c1-6-19(15(3)13-18(4)5)11-9-14(2)16-8-7-10-17-12-16/h14-17H,6-13H2,1-5H3. The Kier molecular flexibility index (Phi) is 7.96. The Bertz CT molecular complexity index is 224. The van der Waals surface area contributed by atoms with E-state index in [4.69, 9.17) is 0 Å². The lowest BCUT2D eigenvalue weighted by Crippen LogP contribution is -2.41. The first-order chi connectivity index (χ1) is 9.04. The van der Waals surface area contributed by atoms with Gasteiger partial charge in [-0.1, -0.05) is 13.8 Å². The Morgan fingerprint density at radius 1 is 1.26 bits per heavy atom. The van der Waals surface area contributed by atoms with Crippen LogP contribution in [-0.2, 0) is 0 Å². The van der Waals surface area contributed by atoms with E-state index in [1.807, 2.05) is 0 Å². The fourth-order valence-corrected chi connectivity index (χ4v) is 3.30. The molecule has 0 bridgehead atoms. The highest BCUT2D eigenvalue weighted by Crippen LogP contribution is 2.23. The van der Waals surface area contributed by atoms with Gasteiger partial charge in [-0.2, -0.15) is 0 Å². The zero-order valence-corrected chi connectivity index (χ0v) is 13.8. The summed E-state index contributed by atoms with van der Waals surface area (Å²) in [7, 11) is 4.33. The normalized spacial score (nSPS) is 23.8. The van der Waals surface area contributed by atoms with Crippen molar-refractivity contribution in [3.05, 3.63) is 0 Å². The maximum absolute atomic E-state index is 3.55. The molecule has 1 aliphatic rings. The second-order valence-electron chi connectivity index (χ2n) is 6.61. The van der Waals surface area contributed by atoms with Crippen LogP contribution < -0.4 is 5.32 Å². The number of nitrogens with zero attached hydrogens (tertiary/aromatic N) is 2. The summed E-state index contributed by atoms with van der Waals surface area (Å²) in [6.45, 7) is 13.1. The second kappa shape index (κ2) is 8.93. The topological polar surface area (TPSA) is 18.5 Å². The molecule has 1 rings (SSSR count). The molecule has 0 spiro atoms. The molecule has 0 saturated carbocycles. The molecular weight excluding hydrogens is 234 g/mol. The number of rotatable bonds is 8. The van der Waals surface area contributed by atoms with E-state index in [2.05, 4.69) is 50.0 Å². The van der Waals surface area contributed by atoms with Crippen LogP contribution in [0.3, 0.4) is 0 Å². The number of likely N-dealkylation sites (N-methyl/N-ethyl adjacent to an activating group) is 2. The van der Waals surface area contributed by atoms with Crippen LogP contribution in [0.25, 0.3) is 0 Å². The first-order valence-corrected chi connectivity index (χ1v) is 8.14. The van der Waals surface area contributed by atoms with Crippen molar-refractivity contribution in [1.29, 1.82) is 0 Å². The molecule has 1 N–H and O–H groups in total. The van der Waals surface area contributed by atoms with Crippen molar-refractivity contribution < 1.29 is 0 Å². The number of nitrogens with one attached hydrogen (secondary N) is 1. The van der Waals surface area contributed by atoms with Gasteiger partial charge in [-0.05, 0) is 78.3 Å². The zero-order chi connectivity index (χ0) is 14.3. The lowest BCUT2D eigenvalue weighted by molar-refractivity contribution is 0.158. The van der Waals surface area contributed by atoms with E-state index >= 15 is 0 Å². The Balaban J connectivity index is 2.30. The van der Waals surface area contributed by atoms with Crippen molar-refractivity contribution in [1.82, 2.24) is 15.1 Å². The van der Waals surface area contributed by atoms with Crippen molar-refractivity contribution in [3.8, 4) is 0 Å². The van der Waals surface area contributed by atoms with Gasteiger partial charge in [0, 0.05) is 12.6 Å². The number of hydrogen-bond donors (Lipinski definition) is 1. The average molecular weight is 269 g/mol. The molecule has 3 atom stereocenters. The van der Waals surface area contributed by atoms with Crippen molar-refractivity contribution in [2.45, 2.75) is 46.1 Å². The lowest BCUT2D eigenvalue weighted by Gasteiger charge is -2.33. The second-order valence-corrected chi connectivity index (χ2v) is 6.61. The first-order valence-electron chi connectivity index (χ1n) is 8.14. The van der Waals surface area contributed by atoms with Gasteiger partial charge < -0.3 is 10.2 Å². The maximum atomic E-state index is 3.55. The summed E-state index contributed by atoms with van der Waals surface area (Å²) < 4.78 is 0. The highest BCUT2D eigenvalue weighted by molar-refractivity contribution is 4.76. The van der Waals surface area contributed by atoms with Gasteiger partial charge in [0.05, 0.1) is 0 Å². The maximum Gasteiger partial charge on any atom is 0.0194 e. The third kappa shape index (κ3) is 6.24. The van der Waals surface area contributed by atoms with Gasteiger partial charge in [-0.15, -0.1) is 0 Å². The molecule has 0 aromatic heterocycles. The molecular formula is C16H35N3. The molecule has 1 heterocycles. The Labute approximate surface area is 120 Å². The summed E-state index contributed by atoms with van der Waals surface area (Å²) in [5.74, 6) is 1.75. The SMILES string of the molecule is CCN(CCC(C)C1CCCNC1)C(C)CN(C)C. The molecule has 114 valence electrons. The smallest absolute Gasteiger partial charge is 0.0194 e. The van der Waals surface area contributed by atoms with E-state index in [1.165, 1.54) is 45.4 Å². The molecule has 3 nitrogen and oxygen atoms in total. The van der Waals surface area contributed by atoms with E-state index in [0.717, 1.165) is 18.4 Å². The van der Waals surface area contributed by atoms with Gasteiger partial charge >= 0.3 is 0 Å². The van der Waals surface area contributed by atoms with E-state index in [0.29, 0.717) is 6.04 Å². The third-order valence-corrected chi connectivity index (χ3v) is 4.67. The van der Waals surface area contributed by atoms with Gasteiger partial charge in [0.25, 0.3) is 0 Å². The minimum Gasteiger partial charge on any atom is -0.316 e. The van der Waals surface area contributed by atoms with Crippen LogP contribution in [0.4, 0.5) is 0 Å². The van der Waals surface area contributed by atoms with Crippen molar-refractivity contribution in [2.75, 3.05) is 46.8 Å². The van der Waals surface area contributed by atoms with Gasteiger partial charge in [0.1, 0.15) is 0 Å². The third-order valence-electron chi connectivity index (χ3n) is 4.67. The van der Waals surface area contributed by atoms with Crippen LogP contribution in [0.5, 0.6) is 0 Å². The van der Waals surface area contributed by atoms with Crippen molar-refractivity contribution in [2.24, 2.45) is 11.8 Å². The van der Waals surface area contributed by atoms with Crippen molar-refractivity contribution in [3.63, 3.8) is 0 Å². The van der Waals surface area contributed by atoms with Crippen LogP contribution in [0.2, 0.25) is 0 Å². The largest absolute Gasteiger partial charge is 0.316 e. The summed E-state index contributed by atoms with van der Waals surface area (Å²) in [5, 5.41) is 3.55. The van der Waals surface area contributed by atoms with Crippen molar-refractivity contribution >= 4 is 0 Å². The van der Waals surface area contributed by atoms with Crippen LogP contribution in [0.1, 0.15) is 40.0 Å². The van der Waals surface area contributed by atoms with Gasteiger partial charge in [-0.3, -0.25) is 4.90 Å². The van der Waals surface area contributed by atoms with E-state index in [-0.39, 0.29) is 0 Å². The van der Waals surface area contributed by atoms with Crippen LogP contribution in [0.15, 0.2) is 0 Å². The van der Waals surface area contributed by atoms with E-state index < -0.39 is 0 Å². The predicted molar refractivity (Wildman–Crippen MR) is 84.6 cm³/mol. The molecule has 0 aromatic rings. The lowest BCUT2D eigenvalue weighted by atomic mass is 9.85. The van der Waals surface area contributed by atoms with Crippen LogP contribution >= 0.6 is 0 Å². The molecule has 1 fully saturated rings. The van der Waals surface area contributed by atoms with Gasteiger partial charge in [0.2, 0.25) is 0 Å². The van der Waals surface area contributed by atoms with Gasteiger partial charge in [0.15, 0.2) is 0 Å². The summed E-state index contributed by atoms with van der Waals surface area (Å²) in [5.41, 5.74) is 0. The monoisotopic (exact) mass is 269 g/mol. The minimum atomic E-state index is 0.664. The zero-order valence-electron chi connectivity index (χ0n) is 13.8. The molecule has 0 aromatic carbocycles. The van der Waals surface area contributed by atoms with E-state index in [9.17, 15) is 0 Å². The quantitative estimate of drug-likeness (QED) is 0.729. The summed E-state index contributed by atoms with van der Waals surface area (Å²) in [4.78, 5) is 4.93. The highest BCUT2D eigenvalue weighted by atomic mass is 15.2. The Morgan fingerprint density at radius 3 is 2.53 bits per heavy atom. The fraction of sp³-hybridized carbons (Fsp3) is 1.00. The van der Waals surface area contributed by atoms with Crippen LogP contribution in [-0.4, -0.2) is 62.7 Å². The first kappa shape index (κ1) is 16.9. The molecule has 19 heavy (non-hydrogen) atoms. The van der Waals surface area contributed by atoms with Crippen LogP contribution in [0, 0.1) is 11.8 Å². The molecule has 1 aliphatic heterocycles. The molecule has 0 amide bonds. The van der Waals surface area contributed by atoms with E-state index in [1.54, 1.807) is 0 Å². The molecule has 3 heteroatoms. The van der Waals surface area contributed by atoms with Gasteiger partial charge in [-0.25, -0.2) is 0 Å². The fourth-order valence-electron chi connectivity index (χ4n) is 3.30. The number of piperidine rings is 1. The Morgan fingerprint density at radius 2 is 2.00 bits per heavy atom. The molecule has 1 saturated heterocycles. The Hall–Kier alpha value is -0.120. The average Bonchev–Trinajstić information content (AvgIpc) is 2.39. The highest BCUT2D eigenvalue weighted by Gasteiger charge is 2.21. The molecule has 0 radical (unpaired) electrons. The summed E-state index contributed by atoms with van der Waals surface area (Å²) in [6.07, 6.45) is 4.13. The number of hydrogen-bond acceptors (Lipinski definition) is 3. The molecule has 0 aliphatic carbocycles. The summed E-state index contributed by atoms with van der Waals surface area (Å²) in [6, 6.07) is 0.664. The molecule has 3 unspecified atom stereocenters. The predicted octanol–water partition coefficient (Wildman–Crippen LogP) is 2.28. The minimum absolute atomic E-state index is 0.664. The summed E-state index contributed by atoms with van der Waals surface area (Å²) >= 11 is 0.